The third kappa shape index (κ3) is 6.34. The molecule has 10 heteroatoms. The fourth-order valence-corrected chi connectivity index (χ4v) is 10.0. The second-order valence-corrected chi connectivity index (χ2v) is 17.1. The van der Waals surface area contributed by atoms with E-state index in [-0.39, 0.29) is 23.2 Å². The molecule has 246 valence electrons. The van der Waals surface area contributed by atoms with Crippen molar-refractivity contribution in [1.29, 1.82) is 0 Å². The molecule has 2 aliphatic carbocycles. The minimum Gasteiger partial charge on any atom is -0.490 e. The fraction of sp³-hybridized carbons (Fsp3) is 0.629. The Balaban J connectivity index is 1.44. The van der Waals surface area contributed by atoms with Crippen molar-refractivity contribution in [2.75, 3.05) is 45.2 Å². The molecule has 8 nitrogen and oxygen atoms in total. The molecule has 45 heavy (non-hydrogen) atoms. The highest BCUT2D eigenvalue weighted by atomic mass is 35.5. The molecule has 4 aliphatic rings. The quantitative estimate of drug-likeness (QED) is 0.446. The lowest BCUT2D eigenvalue weighted by Crippen LogP contribution is -2.56. The second-order valence-electron chi connectivity index (χ2n) is 14.6. The molecule has 1 spiro atoms. The summed E-state index contributed by atoms with van der Waals surface area (Å²) in [6, 6.07) is 11.5. The standard InChI is InChI=1S/C35H48ClN3O5S/c1-23-7-5-16-35(41,21-38(3)4)30-12-9-27(30)19-39-20-34(15-6-8-25-17-28(36)11-13-29(25)34)22-44-32-14-10-26(18-31(32)39)33(40)37-45(42,43)24(23)2/h10-11,13-14,17-18,23-24,27,30,41H,5-9,12,15-16,19-22H2,1-4H3,(H,37,40)/t23-,24+,27-,30+,34-,35-/m0/s1. The first kappa shape index (κ1) is 32.6. The molecule has 2 bridgehead atoms. The average Bonchev–Trinajstić information content (AvgIpc) is 3.10. The lowest BCUT2D eigenvalue weighted by atomic mass is 9.62. The number of likely N-dealkylation sites (N-methyl/N-ethyl adjacent to an activating group) is 1. The van der Waals surface area contributed by atoms with Crippen LogP contribution in [0.2, 0.25) is 5.02 Å². The average molecular weight is 658 g/mol. The van der Waals surface area contributed by atoms with E-state index in [1.165, 1.54) is 11.1 Å². The number of rotatable bonds is 2. The first-order valence-electron chi connectivity index (χ1n) is 16.5. The monoisotopic (exact) mass is 657 g/mol. The molecule has 6 rings (SSSR count). The van der Waals surface area contributed by atoms with E-state index in [0.717, 1.165) is 49.4 Å². The van der Waals surface area contributed by atoms with E-state index in [1.54, 1.807) is 19.1 Å². The van der Waals surface area contributed by atoms with Crippen molar-refractivity contribution < 1.29 is 23.1 Å². The van der Waals surface area contributed by atoms with Gasteiger partial charge < -0.3 is 19.6 Å². The Morgan fingerprint density at radius 1 is 1.09 bits per heavy atom. The summed E-state index contributed by atoms with van der Waals surface area (Å²) in [5.74, 6) is 0.284. The molecule has 2 aliphatic heterocycles. The van der Waals surface area contributed by atoms with Gasteiger partial charge in [-0.2, -0.15) is 0 Å². The Morgan fingerprint density at radius 3 is 2.62 bits per heavy atom. The maximum Gasteiger partial charge on any atom is 0.264 e. The van der Waals surface area contributed by atoms with Gasteiger partial charge in [-0.3, -0.25) is 4.79 Å². The predicted molar refractivity (Wildman–Crippen MR) is 179 cm³/mol. The Bertz CT molecular complexity index is 1550. The molecule has 6 atom stereocenters. The molecule has 0 radical (unpaired) electrons. The van der Waals surface area contributed by atoms with E-state index < -0.39 is 26.8 Å². The van der Waals surface area contributed by atoms with Crippen molar-refractivity contribution >= 4 is 33.2 Å². The van der Waals surface area contributed by atoms with Crippen LogP contribution >= 0.6 is 11.6 Å². The van der Waals surface area contributed by atoms with Crippen LogP contribution in [0.25, 0.3) is 0 Å². The van der Waals surface area contributed by atoms with Crippen molar-refractivity contribution in [3.8, 4) is 5.75 Å². The largest absolute Gasteiger partial charge is 0.490 e. The van der Waals surface area contributed by atoms with Crippen LogP contribution in [0.15, 0.2) is 36.4 Å². The molecule has 2 aromatic carbocycles. The van der Waals surface area contributed by atoms with Gasteiger partial charge in [0.05, 0.1) is 23.1 Å². The molecule has 1 saturated carbocycles. The van der Waals surface area contributed by atoms with Crippen molar-refractivity contribution in [3.05, 3.63) is 58.1 Å². The highest BCUT2D eigenvalue weighted by Gasteiger charge is 2.49. The zero-order valence-electron chi connectivity index (χ0n) is 27.0. The normalized spacial score (nSPS) is 33.3. The zero-order chi connectivity index (χ0) is 32.1. The smallest absolute Gasteiger partial charge is 0.264 e. The SMILES string of the molecule is C[C@@H]1[C@@H](C)CCC[C@](O)(CN(C)C)[C@@H]2CC[C@H]2CN2C[C@@]3(CCCc4cc(Cl)ccc43)COc3ccc(cc32)C(=O)NS1(=O)=O. The highest BCUT2D eigenvalue weighted by molar-refractivity contribution is 7.90. The summed E-state index contributed by atoms with van der Waals surface area (Å²) in [5.41, 5.74) is 2.47. The number of fused-ring (bicyclic) bond motifs is 4. The van der Waals surface area contributed by atoms with Gasteiger partial charge in [0.2, 0.25) is 10.0 Å². The van der Waals surface area contributed by atoms with Crippen LogP contribution in [0.4, 0.5) is 5.69 Å². The summed E-state index contributed by atoms with van der Waals surface area (Å²) in [6.45, 7) is 6.06. The summed E-state index contributed by atoms with van der Waals surface area (Å²) in [6.07, 6.45) is 6.92. The lowest BCUT2D eigenvalue weighted by Gasteiger charge is -2.51. The van der Waals surface area contributed by atoms with E-state index in [9.17, 15) is 18.3 Å². The number of nitrogens with zero attached hydrogens (tertiary/aromatic N) is 2. The maximum absolute atomic E-state index is 13.5. The van der Waals surface area contributed by atoms with Crippen LogP contribution in [-0.4, -0.2) is 75.5 Å². The molecule has 0 aromatic heterocycles. The number of nitrogens with one attached hydrogen (secondary N) is 1. The van der Waals surface area contributed by atoms with Crippen LogP contribution in [0.1, 0.15) is 80.3 Å². The molecule has 2 heterocycles. The Morgan fingerprint density at radius 2 is 1.89 bits per heavy atom. The molecule has 0 unspecified atom stereocenters. The van der Waals surface area contributed by atoms with Crippen LogP contribution in [0.3, 0.4) is 0 Å². The zero-order valence-corrected chi connectivity index (χ0v) is 28.6. The van der Waals surface area contributed by atoms with Gasteiger partial charge >= 0.3 is 0 Å². The molecule has 2 N–H and O–H groups in total. The van der Waals surface area contributed by atoms with Gasteiger partial charge in [-0.25, -0.2) is 13.1 Å². The van der Waals surface area contributed by atoms with Crippen molar-refractivity contribution in [2.24, 2.45) is 17.8 Å². The number of aryl methyl sites for hydroxylation is 1. The Kier molecular flexibility index (Phi) is 8.96. The highest BCUT2D eigenvalue weighted by Crippen LogP contribution is 2.49. The summed E-state index contributed by atoms with van der Waals surface area (Å²) in [4.78, 5) is 17.9. The third-order valence-electron chi connectivity index (χ3n) is 11.2. The predicted octanol–water partition coefficient (Wildman–Crippen LogP) is 5.40. The van der Waals surface area contributed by atoms with E-state index in [1.807, 2.05) is 33.2 Å². The third-order valence-corrected chi connectivity index (χ3v) is 13.4. The first-order valence-corrected chi connectivity index (χ1v) is 18.5. The van der Waals surface area contributed by atoms with Gasteiger partial charge in [0, 0.05) is 35.6 Å². The number of anilines is 1. The minimum atomic E-state index is -3.92. The summed E-state index contributed by atoms with van der Waals surface area (Å²) >= 11 is 6.43. The fourth-order valence-electron chi connectivity index (χ4n) is 8.51. The van der Waals surface area contributed by atoms with Gasteiger partial charge in [0.1, 0.15) is 5.75 Å². The second kappa shape index (κ2) is 12.4. The topological polar surface area (TPSA) is 99.2 Å². The molecule has 2 aromatic rings. The summed E-state index contributed by atoms with van der Waals surface area (Å²) < 4.78 is 35.7. The van der Waals surface area contributed by atoms with Crippen molar-refractivity contribution in [1.82, 2.24) is 9.62 Å². The van der Waals surface area contributed by atoms with Crippen LogP contribution in [-0.2, 0) is 21.9 Å². The van der Waals surface area contributed by atoms with Gasteiger partial charge in [-0.05, 0) is 125 Å². The first-order chi connectivity index (χ1) is 21.3. The van der Waals surface area contributed by atoms with Crippen molar-refractivity contribution in [3.63, 3.8) is 0 Å². The van der Waals surface area contributed by atoms with Gasteiger partial charge in [0.15, 0.2) is 0 Å². The Hall–Kier alpha value is -2.33. The van der Waals surface area contributed by atoms with Crippen LogP contribution < -0.4 is 14.4 Å². The number of benzene rings is 2. The van der Waals surface area contributed by atoms with Crippen LogP contribution in [0, 0.1) is 17.8 Å². The number of halogens is 1. The van der Waals surface area contributed by atoms with Crippen molar-refractivity contribution in [2.45, 2.75) is 81.5 Å². The maximum atomic E-state index is 13.5. The molecule has 1 fully saturated rings. The minimum absolute atomic E-state index is 0.122. The number of amides is 1. The number of hydrogen-bond acceptors (Lipinski definition) is 7. The van der Waals surface area contributed by atoms with E-state index >= 15 is 0 Å². The van der Waals surface area contributed by atoms with E-state index in [0.29, 0.717) is 50.3 Å². The Labute approximate surface area is 273 Å². The summed E-state index contributed by atoms with van der Waals surface area (Å²) in [7, 11) is 0.0911. The number of aliphatic hydroxyl groups is 1. The number of hydrogen-bond donors (Lipinski definition) is 2. The van der Waals surface area contributed by atoms with Gasteiger partial charge in [-0.1, -0.05) is 31.0 Å². The lowest BCUT2D eigenvalue weighted by molar-refractivity contribution is -0.100. The van der Waals surface area contributed by atoms with E-state index in [2.05, 4.69) is 26.7 Å². The van der Waals surface area contributed by atoms with Gasteiger partial charge in [0.25, 0.3) is 5.91 Å². The molecule has 1 amide bonds. The van der Waals surface area contributed by atoms with E-state index in [4.69, 9.17) is 16.3 Å². The summed E-state index contributed by atoms with van der Waals surface area (Å²) in [5, 5.41) is 12.3. The van der Waals surface area contributed by atoms with Crippen LogP contribution in [0.5, 0.6) is 5.75 Å². The number of sulfonamides is 1. The van der Waals surface area contributed by atoms with Gasteiger partial charge in [-0.15, -0.1) is 0 Å². The molecular weight excluding hydrogens is 610 g/mol. The number of carbonyl (C=O) groups excluding carboxylic acids is 1. The molecular formula is C35H48ClN3O5S. The number of ether oxygens (including phenoxy) is 1. The molecule has 0 saturated heterocycles. The number of carbonyl (C=O) groups is 1.